The Morgan fingerprint density at radius 3 is 2.80 bits per heavy atom. The van der Waals surface area contributed by atoms with Crippen molar-refractivity contribution in [2.75, 3.05) is 26.2 Å². The molecule has 0 atom stereocenters. The molecular formula is C12H19N5O3. The summed E-state index contributed by atoms with van der Waals surface area (Å²) < 4.78 is 1.42. The number of hydrogen-bond acceptors (Lipinski definition) is 5. The van der Waals surface area contributed by atoms with Gasteiger partial charge >= 0.3 is 5.69 Å². The highest BCUT2D eigenvalue weighted by atomic mass is 16.6. The van der Waals surface area contributed by atoms with Gasteiger partial charge in [-0.15, -0.1) is 0 Å². The minimum absolute atomic E-state index is 0.00432. The summed E-state index contributed by atoms with van der Waals surface area (Å²) in [5.74, 6) is -0.0470. The first-order valence-electron chi connectivity index (χ1n) is 6.67. The van der Waals surface area contributed by atoms with Crippen molar-refractivity contribution in [3.63, 3.8) is 0 Å². The van der Waals surface area contributed by atoms with Crippen LogP contribution < -0.4 is 5.32 Å². The Balaban J connectivity index is 2.11. The van der Waals surface area contributed by atoms with Crippen LogP contribution in [-0.4, -0.2) is 51.7 Å². The van der Waals surface area contributed by atoms with Gasteiger partial charge in [0.15, 0.2) is 0 Å². The monoisotopic (exact) mass is 281 g/mol. The highest BCUT2D eigenvalue weighted by Crippen LogP contribution is 2.21. The number of rotatable bonds is 3. The standard InChI is InChI=1S/C12H19N5O3/c1-9-12(17(19)20)10(2)16(14-9)8-11(18)15-6-3-4-13-5-7-15/h13H,3-8H2,1-2H3. The first kappa shape index (κ1) is 14.4. The summed E-state index contributed by atoms with van der Waals surface area (Å²) >= 11 is 0. The summed E-state index contributed by atoms with van der Waals surface area (Å²) in [6, 6.07) is 0. The van der Waals surface area contributed by atoms with Crippen molar-refractivity contribution in [3.05, 3.63) is 21.5 Å². The molecule has 8 nitrogen and oxygen atoms in total. The van der Waals surface area contributed by atoms with E-state index < -0.39 is 4.92 Å². The van der Waals surface area contributed by atoms with Crippen LogP contribution in [0.4, 0.5) is 5.69 Å². The van der Waals surface area contributed by atoms with E-state index in [1.165, 1.54) is 4.68 Å². The maximum Gasteiger partial charge on any atom is 0.312 e. The van der Waals surface area contributed by atoms with Gasteiger partial charge in [-0.25, -0.2) is 0 Å². The molecule has 1 aromatic heterocycles. The lowest BCUT2D eigenvalue weighted by Gasteiger charge is -2.20. The molecule has 0 unspecified atom stereocenters. The van der Waals surface area contributed by atoms with E-state index in [1.807, 2.05) is 0 Å². The van der Waals surface area contributed by atoms with Crippen molar-refractivity contribution in [1.29, 1.82) is 0 Å². The lowest BCUT2D eigenvalue weighted by molar-refractivity contribution is -0.386. The number of aryl methyl sites for hydroxylation is 1. The van der Waals surface area contributed by atoms with Crippen molar-refractivity contribution in [3.8, 4) is 0 Å². The molecular weight excluding hydrogens is 262 g/mol. The van der Waals surface area contributed by atoms with E-state index in [2.05, 4.69) is 10.4 Å². The fourth-order valence-electron chi connectivity index (χ4n) is 2.43. The van der Waals surface area contributed by atoms with Crippen molar-refractivity contribution in [2.24, 2.45) is 0 Å². The van der Waals surface area contributed by atoms with Crippen LogP contribution in [0.25, 0.3) is 0 Å². The van der Waals surface area contributed by atoms with Crippen LogP contribution in [0.1, 0.15) is 17.8 Å². The molecule has 2 heterocycles. The molecule has 20 heavy (non-hydrogen) atoms. The summed E-state index contributed by atoms with van der Waals surface area (Å²) in [5, 5.41) is 18.3. The number of carbonyl (C=O) groups excluding carboxylic acids is 1. The summed E-state index contributed by atoms with van der Waals surface area (Å²) in [6.07, 6.45) is 0.920. The summed E-state index contributed by atoms with van der Waals surface area (Å²) in [4.78, 5) is 24.5. The molecule has 1 aliphatic heterocycles. The molecule has 1 fully saturated rings. The zero-order valence-corrected chi connectivity index (χ0v) is 11.8. The second kappa shape index (κ2) is 6.00. The predicted molar refractivity (Wildman–Crippen MR) is 72.4 cm³/mol. The highest BCUT2D eigenvalue weighted by Gasteiger charge is 2.24. The van der Waals surface area contributed by atoms with E-state index in [4.69, 9.17) is 0 Å². The summed E-state index contributed by atoms with van der Waals surface area (Å²) in [5.41, 5.74) is 0.766. The lowest BCUT2D eigenvalue weighted by atomic mass is 10.3. The molecule has 2 rings (SSSR count). The van der Waals surface area contributed by atoms with Crippen LogP contribution in [0.15, 0.2) is 0 Å². The van der Waals surface area contributed by atoms with Crippen LogP contribution in [-0.2, 0) is 11.3 Å². The van der Waals surface area contributed by atoms with Gasteiger partial charge in [0.05, 0.1) is 4.92 Å². The molecule has 0 bridgehead atoms. The first-order valence-corrected chi connectivity index (χ1v) is 6.67. The lowest BCUT2D eigenvalue weighted by Crippen LogP contribution is -2.36. The van der Waals surface area contributed by atoms with Gasteiger partial charge in [0.25, 0.3) is 0 Å². The second-order valence-electron chi connectivity index (χ2n) is 4.92. The van der Waals surface area contributed by atoms with E-state index in [0.717, 1.165) is 19.5 Å². The number of hydrogen-bond donors (Lipinski definition) is 1. The fraction of sp³-hybridized carbons (Fsp3) is 0.667. The Morgan fingerprint density at radius 1 is 1.40 bits per heavy atom. The van der Waals surface area contributed by atoms with E-state index >= 15 is 0 Å². The summed E-state index contributed by atoms with van der Waals surface area (Å²) in [6.45, 7) is 6.34. The minimum Gasteiger partial charge on any atom is -0.340 e. The number of aromatic nitrogens is 2. The highest BCUT2D eigenvalue weighted by molar-refractivity contribution is 5.76. The molecule has 0 radical (unpaired) electrons. The van der Waals surface area contributed by atoms with Gasteiger partial charge in [0.1, 0.15) is 17.9 Å². The molecule has 1 saturated heterocycles. The third-order valence-corrected chi connectivity index (χ3v) is 3.50. The van der Waals surface area contributed by atoms with Gasteiger partial charge in [-0.3, -0.25) is 19.6 Å². The number of nitrogens with one attached hydrogen (secondary N) is 1. The van der Waals surface area contributed by atoms with E-state index in [0.29, 0.717) is 24.5 Å². The Morgan fingerprint density at radius 2 is 2.15 bits per heavy atom. The van der Waals surface area contributed by atoms with Crippen molar-refractivity contribution in [1.82, 2.24) is 20.0 Å². The van der Waals surface area contributed by atoms with Gasteiger partial charge < -0.3 is 10.2 Å². The number of amides is 1. The fourth-order valence-corrected chi connectivity index (χ4v) is 2.43. The quantitative estimate of drug-likeness (QED) is 0.632. The minimum atomic E-state index is -0.450. The molecule has 0 spiro atoms. The van der Waals surface area contributed by atoms with Gasteiger partial charge in [0.2, 0.25) is 5.91 Å². The predicted octanol–water partition coefficient (Wildman–Crippen LogP) is 0.230. The normalized spacial score (nSPS) is 16.0. The molecule has 1 N–H and O–H groups in total. The third kappa shape index (κ3) is 2.96. The molecule has 1 aromatic rings. The van der Waals surface area contributed by atoms with Crippen LogP contribution >= 0.6 is 0 Å². The number of carbonyl (C=O) groups is 1. The molecule has 0 saturated carbocycles. The Kier molecular flexibility index (Phi) is 4.33. The Labute approximate surface area is 116 Å². The van der Waals surface area contributed by atoms with Crippen molar-refractivity contribution in [2.45, 2.75) is 26.8 Å². The van der Waals surface area contributed by atoms with Crippen LogP contribution in [0.3, 0.4) is 0 Å². The molecule has 1 amide bonds. The first-order chi connectivity index (χ1) is 9.50. The molecule has 1 aliphatic rings. The Bertz CT molecular complexity index is 517. The topological polar surface area (TPSA) is 93.3 Å². The second-order valence-corrected chi connectivity index (χ2v) is 4.92. The third-order valence-electron chi connectivity index (χ3n) is 3.50. The largest absolute Gasteiger partial charge is 0.340 e. The number of nitro groups is 1. The van der Waals surface area contributed by atoms with Gasteiger partial charge in [-0.05, 0) is 26.8 Å². The molecule has 8 heteroatoms. The maximum atomic E-state index is 12.2. The van der Waals surface area contributed by atoms with Gasteiger partial charge in [-0.2, -0.15) is 5.10 Å². The number of nitrogens with zero attached hydrogens (tertiary/aromatic N) is 4. The Hall–Kier alpha value is -1.96. The van der Waals surface area contributed by atoms with Gasteiger partial charge in [-0.1, -0.05) is 0 Å². The van der Waals surface area contributed by atoms with Crippen molar-refractivity contribution < 1.29 is 9.72 Å². The zero-order chi connectivity index (χ0) is 14.7. The molecule has 0 aliphatic carbocycles. The van der Waals surface area contributed by atoms with E-state index in [1.54, 1.807) is 18.7 Å². The average molecular weight is 281 g/mol. The van der Waals surface area contributed by atoms with Crippen LogP contribution in [0, 0.1) is 24.0 Å². The summed E-state index contributed by atoms with van der Waals surface area (Å²) in [7, 11) is 0. The van der Waals surface area contributed by atoms with Crippen LogP contribution in [0.5, 0.6) is 0 Å². The van der Waals surface area contributed by atoms with E-state index in [-0.39, 0.29) is 18.1 Å². The zero-order valence-electron chi connectivity index (χ0n) is 11.8. The molecule has 0 aromatic carbocycles. The SMILES string of the molecule is Cc1nn(CC(=O)N2CCCNCC2)c(C)c1[N+](=O)[O-]. The van der Waals surface area contributed by atoms with E-state index in [9.17, 15) is 14.9 Å². The smallest absolute Gasteiger partial charge is 0.312 e. The molecule has 110 valence electrons. The average Bonchev–Trinajstić information content (AvgIpc) is 2.60. The maximum absolute atomic E-state index is 12.2. The van der Waals surface area contributed by atoms with Gasteiger partial charge in [0, 0.05) is 19.6 Å². The van der Waals surface area contributed by atoms with Crippen LogP contribution in [0.2, 0.25) is 0 Å². The van der Waals surface area contributed by atoms with Crippen molar-refractivity contribution >= 4 is 11.6 Å².